The summed E-state index contributed by atoms with van der Waals surface area (Å²) in [6, 6.07) is 0. The number of aliphatic hydroxyl groups excluding tert-OH is 3. The van der Waals surface area contributed by atoms with E-state index >= 15 is 0 Å². The van der Waals surface area contributed by atoms with Crippen molar-refractivity contribution in [2.24, 2.45) is 0 Å². The Bertz CT molecular complexity index is 816. The Balaban J connectivity index is 2.02. The van der Waals surface area contributed by atoms with Crippen LogP contribution in [0.25, 0.3) is 0 Å². The normalized spacial score (nSPS) is 29.6. The monoisotopic (exact) mass is 312 g/mol. The molecule has 2 aliphatic heterocycles. The first-order chi connectivity index (χ1) is 11.0. The quantitative estimate of drug-likeness (QED) is 0.636. The molecule has 0 aromatic carbocycles. The van der Waals surface area contributed by atoms with Crippen LogP contribution in [0.4, 0.5) is 0 Å². The van der Waals surface area contributed by atoms with Crippen molar-refractivity contribution in [3.8, 4) is 0 Å². The van der Waals surface area contributed by atoms with Crippen molar-refractivity contribution in [3.05, 3.63) is 69.4 Å². The second kappa shape index (κ2) is 4.81. The first-order valence-corrected chi connectivity index (χ1v) is 7.54. The molecule has 3 N–H and O–H groups in total. The molecule has 4 aliphatic rings. The smallest absolute Gasteiger partial charge is 0.163 e. The third kappa shape index (κ3) is 1.97. The minimum atomic E-state index is -1.40. The highest BCUT2D eigenvalue weighted by Gasteiger charge is 2.38. The molecule has 4 rings (SSSR count). The summed E-state index contributed by atoms with van der Waals surface area (Å²) in [7, 11) is 0. The van der Waals surface area contributed by atoms with Gasteiger partial charge in [-0.1, -0.05) is 6.08 Å². The first kappa shape index (κ1) is 14.2. The molecule has 0 spiro atoms. The Morgan fingerprint density at radius 3 is 2.70 bits per heavy atom. The lowest BCUT2D eigenvalue weighted by Crippen LogP contribution is -2.34. The summed E-state index contributed by atoms with van der Waals surface area (Å²) in [5.74, 6) is 0.776. The molecule has 1 fully saturated rings. The van der Waals surface area contributed by atoms with Crippen LogP contribution < -0.4 is 0 Å². The van der Waals surface area contributed by atoms with E-state index in [1.165, 1.54) is 6.08 Å². The summed E-state index contributed by atoms with van der Waals surface area (Å²) in [5.41, 5.74) is 3.16. The number of ketones is 1. The van der Waals surface area contributed by atoms with Gasteiger partial charge in [0, 0.05) is 23.1 Å². The molecule has 0 amide bonds. The van der Waals surface area contributed by atoms with Crippen molar-refractivity contribution < 1.29 is 24.9 Å². The van der Waals surface area contributed by atoms with Crippen molar-refractivity contribution in [3.63, 3.8) is 0 Å². The number of Topliss-reactive ketones (excluding diaryl/α,β-unsaturated/α-hetero) is 1. The van der Waals surface area contributed by atoms with E-state index in [2.05, 4.69) is 0 Å². The Kier molecular flexibility index (Phi) is 2.98. The van der Waals surface area contributed by atoms with Gasteiger partial charge in [-0.05, 0) is 42.7 Å². The Hall–Kier alpha value is -2.37. The molecule has 2 atom stereocenters. The van der Waals surface area contributed by atoms with Crippen LogP contribution in [0.5, 0.6) is 0 Å². The average Bonchev–Trinajstić information content (AvgIpc) is 2.71. The molecule has 5 nitrogen and oxygen atoms in total. The van der Waals surface area contributed by atoms with Gasteiger partial charge in [0.25, 0.3) is 0 Å². The van der Waals surface area contributed by atoms with Crippen LogP contribution in [0.1, 0.15) is 19.8 Å². The molecule has 0 aromatic rings. The van der Waals surface area contributed by atoms with Gasteiger partial charge in [0.15, 0.2) is 5.78 Å². The SMILES string of the molecule is CC1=C2C=CC3=C(C(=C4CCC(=O)C4=C1)O2)C(O)C(O)C(O)=C3. The van der Waals surface area contributed by atoms with Gasteiger partial charge in [-0.25, -0.2) is 0 Å². The van der Waals surface area contributed by atoms with Crippen molar-refractivity contribution in [2.45, 2.75) is 32.0 Å². The second-order valence-electron chi connectivity index (χ2n) is 6.10. The van der Waals surface area contributed by atoms with Crippen LogP contribution in [0.3, 0.4) is 0 Å². The number of ether oxygens (including phenoxy) is 1. The fourth-order valence-electron chi connectivity index (χ4n) is 3.38. The lowest BCUT2D eigenvalue weighted by atomic mass is 9.87. The molecule has 1 saturated carbocycles. The van der Waals surface area contributed by atoms with Gasteiger partial charge in [0.2, 0.25) is 0 Å². The predicted octanol–water partition coefficient (Wildman–Crippen LogP) is 1.88. The standard InChI is InChI=1S/C18H16O5/c1-8-6-11-10(3-4-12(11)19)18-15-9(2-5-14(8)23-18)7-13(20)16(21)17(15)22/h2,5-7,16-17,20-22H,3-4H2,1H3. The number of hydrogen-bond acceptors (Lipinski definition) is 5. The predicted molar refractivity (Wildman–Crippen MR) is 82.0 cm³/mol. The highest BCUT2D eigenvalue weighted by Crippen LogP contribution is 2.43. The maximum absolute atomic E-state index is 12.2. The summed E-state index contributed by atoms with van der Waals surface area (Å²) < 4.78 is 6.00. The molecule has 2 unspecified atom stereocenters. The van der Waals surface area contributed by atoms with Crippen LogP contribution in [-0.2, 0) is 9.53 Å². The van der Waals surface area contributed by atoms with E-state index in [0.29, 0.717) is 41.1 Å². The molecule has 0 aromatic heterocycles. The molecular formula is C18H16O5. The van der Waals surface area contributed by atoms with Crippen LogP contribution in [0.15, 0.2) is 69.4 Å². The Labute approximate surface area is 132 Å². The number of aliphatic hydroxyl groups is 3. The second-order valence-corrected chi connectivity index (χ2v) is 6.10. The van der Waals surface area contributed by atoms with E-state index in [9.17, 15) is 20.1 Å². The van der Waals surface area contributed by atoms with Crippen LogP contribution in [-0.4, -0.2) is 33.3 Å². The summed E-state index contributed by atoms with van der Waals surface area (Å²) >= 11 is 0. The molecule has 0 radical (unpaired) electrons. The third-order valence-electron chi connectivity index (χ3n) is 4.63. The fourth-order valence-corrected chi connectivity index (χ4v) is 3.38. The zero-order chi connectivity index (χ0) is 16.3. The van der Waals surface area contributed by atoms with Crippen LogP contribution in [0.2, 0.25) is 0 Å². The molecule has 0 saturated heterocycles. The van der Waals surface area contributed by atoms with E-state index in [4.69, 9.17) is 4.74 Å². The number of allylic oxidation sites excluding steroid dienone is 8. The summed E-state index contributed by atoms with van der Waals surface area (Å²) in [5, 5.41) is 30.2. The van der Waals surface area contributed by atoms with Crippen molar-refractivity contribution in [1.29, 1.82) is 0 Å². The van der Waals surface area contributed by atoms with Gasteiger partial charge < -0.3 is 20.1 Å². The zero-order valence-electron chi connectivity index (χ0n) is 12.5. The van der Waals surface area contributed by atoms with Crippen LogP contribution >= 0.6 is 0 Å². The lowest BCUT2D eigenvalue weighted by molar-refractivity contribution is -0.114. The number of hydrogen-bond donors (Lipinski definition) is 3. The average molecular weight is 312 g/mol. The highest BCUT2D eigenvalue weighted by atomic mass is 16.5. The summed E-state index contributed by atoms with van der Waals surface area (Å²) in [4.78, 5) is 12.2. The first-order valence-electron chi connectivity index (χ1n) is 7.54. The fraction of sp³-hybridized carbons (Fsp3) is 0.278. The summed E-state index contributed by atoms with van der Waals surface area (Å²) in [6.07, 6.45) is 4.96. The minimum Gasteiger partial charge on any atom is -0.509 e. The van der Waals surface area contributed by atoms with Crippen molar-refractivity contribution >= 4 is 5.78 Å². The van der Waals surface area contributed by atoms with E-state index in [1.807, 2.05) is 13.0 Å². The largest absolute Gasteiger partial charge is 0.509 e. The number of carbonyl (C=O) groups excluding carboxylic acids is 1. The Morgan fingerprint density at radius 1 is 1.13 bits per heavy atom. The van der Waals surface area contributed by atoms with E-state index in [1.54, 1.807) is 12.2 Å². The third-order valence-corrected chi connectivity index (χ3v) is 4.63. The number of rotatable bonds is 0. The maximum Gasteiger partial charge on any atom is 0.163 e. The van der Waals surface area contributed by atoms with Gasteiger partial charge >= 0.3 is 0 Å². The topological polar surface area (TPSA) is 87.0 Å². The van der Waals surface area contributed by atoms with Gasteiger partial charge in [-0.15, -0.1) is 0 Å². The lowest BCUT2D eigenvalue weighted by Gasteiger charge is -2.27. The molecule has 2 aliphatic carbocycles. The van der Waals surface area contributed by atoms with E-state index in [-0.39, 0.29) is 11.5 Å². The zero-order valence-corrected chi connectivity index (χ0v) is 12.5. The molecule has 2 bridgehead atoms. The molecular weight excluding hydrogens is 296 g/mol. The van der Waals surface area contributed by atoms with Crippen molar-refractivity contribution in [1.82, 2.24) is 0 Å². The van der Waals surface area contributed by atoms with E-state index in [0.717, 1.165) is 11.1 Å². The molecule has 23 heavy (non-hydrogen) atoms. The van der Waals surface area contributed by atoms with Gasteiger partial charge in [-0.3, -0.25) is 4.79 Å². The Morgan fingerprint density at radius 2 is 1.91 bits per heavy atom. The van der Waals surface area contributed by atoms with Crippen LogP contribution in [0, 0.1) is 0 Å². The van der Waals surface area contributed by atoms with Crippen molar-refractivity contribution in [2.75, 3.05) is 0 Å². The van der Waals surface area contributed by atoms with Gasteiger partial charge in [-0.2, -0.15) is 0 Å². The number of fused-ring (bicyclic) bond motifs is 4. The molecule has 2 heterocycles. The van der Waals surface area contributed by atoms with Gasteiger partial charge in [0.05, 0.1) is 0 Å². The minimum absolute atomic E-state index is 0.0534. The maximum atomic E-state index is 12.2. The summed E-state index contributed by atoms with van der Waals surface area (Å²) in [6.45, 7) is 1.86. The molecule has 118 valence electrons. The van der Waals surface area contributed by atoms with E-state index < -0.39 is 12.2 Å². The number of carbonyl (C=O) groups is 1. The highest BCUT2D eigenvalue weighted by molar-refractivity contribution is 6.03. The molecule has 5 heteroatoms. The van der Waals surface area contributed by atoms with Gasteiger partial charge in [0.1, 0.15) is 29.5 Å².